The molecule has 3 aromatic rings. The molecule has 1 N–H and O–H groups in total. The maximum Gasteiger partial charge on any atom is 0.252 e. The van der Waals surface area contributed by atoms with Gasteiger partial charge in [-0.15, -0.1) is 0 Å². The van der Waals surface area contributed by atoms with Gasteiger partial charge in [-0.25, -0.2) is 0 Å². The molecule has 0 atom stereocenters. The fourth-order valence-electron chi connectivity index (χ4n) is 3.15. The highest BCUT2D eigenvalue weighted by molar-refractivity contribution is 5.95. The molecule has 0 heterocycles. The topological polar surface area (TPSA) is 47.6 Å². The normalized spacial score (nSPS) is 10.9. The van der Waals surface area contributed by atoms with Gasteiger partial charge in [0, 0.05) is 11.1 Å². The zero-order valence-corrected chi connectivity index (χ0v) is 17.1. The number of hydrogen-bond acceptors (Lipinski definition) is 3. The van der Waals surface area contributed by atoms with Gasteiger partial charge in [0.1, 0.15) is 5.75 Å². The average Bonchev–Trinajstić information content (AvgIpc) is 2.76. The minimum Gasteiger partial charge on any atom is -0.496 e. The largest absolute Gasteiger partial charge is 0.496 e. The average molecular weight is 389 g/mol. The highest BCUT2D eigenvalue weighted by atomic mass is 16.5. The van der Waals surface area contributed by atoms with E-state index in [1.54, 1.807) is 13.2 Å². The van der Waals surface area contributed by atoms with Crippen LogP contribution in [0.15, 0.2) is 78.9 Å². The summed E-state index contributed by atoms with van der Waals surface area (Å²) >= 11 is 0. The highest BCUT2D eigenvalue weighted by Gasteiger charge is 2.18. The van der Waals surface area contributed by atoms with E-state index in [1.165, 1.54) is 0 Å². The van der Waals surface area contributed by atoms with Crippen molar-refractivity contribution in [2.75, 3.05) is 7.11 Å². The Hall–Kier alpha value is -3.11. The molecule has 0 unspecified atom stereocenters. The summed E-state index contributed by atoms with van der Waals surface area (Å²) in [5.74, 6) is 0.570. The monoisotopic (exact) mass is 389 g/mol. The lowest BCUT2D eigenvalue weighted by Crippen LogP contribution is -2.29. The van der Waals surface area contributed by atoms with Crippen LogP contribution in [0, 0.1) is 0 Å². The van der Waals surface area contributed by atoms with Gasteiger partial charge in [-0.05, 0) is 43.2 Å². The molecular formula is C25H27NO3. The maximum absolute atomic E-state index is 13.1. The molecule has 0 spiro atoms. The Morgan fingerprint density at radius 1 is 0.897 bits per heavy atom. The van der Waals surface area contributed by atoms with Crippen molar-refractivity contribution in [1.82, 2.24) is 5.32 Å². The minimum absolute atomic E-state index is 0.0951. The van der Waals surface area contributed by atoms with E-state index in [-0.39, 0.29) is 18.1 Å². The number of amides is 1. The highest BCUT2D eigenvalue weighted by Crippen LogP contribution is 2.24. The van der Waals surface area contributed by atoms with E-state index in [1.807, 2.05) is 86.6 Å². The molecular weight excluding hydrogens is 362 g/mol. The number of rotatable bonds is 8. The first-order valence-electron chi connectivity index (χ1n) is 9.77. The van der Waals surface area contributed by atoms with Crippen LogP contribution in [0.3, 0.4) is 0 Å². The van der Waals surface area contributed by atoms with Crippen LogP contribution < -0.4 is 10.1 Å². The van der Waals surface area contributed by atoms with Gasteiger partial charge in [-0.3, -0.25) is 4.79 Å². The van der Waals surface area contributed by atoms with Gasteiger partial charge in [0.25, 0.3) is 5.91 Å². The van der Waals surface area contributed by atoms with Crippen LogP contribution in [-0.4, -0.2) is 19.1 Å². The standard InChI is InChI=1S/C25H27NO3/c1-18(2)29-17-22-16-21(14-15-23(22)28-3)25(27)26-24(19-10-6-4-7-11-19)20-12-8-5-9-13-20/h4-16,18,24H,17H2,1-3H3,(H,26,27). The predicted octanol–water partition coefficient (Wildman–Crippen LogP) is 5.14. The smallest absolute Gasteiger partial charge is 0.252 e. The zero-order chi connectivity index (χ0) is 20.6. The van der Waals surface area contributed by atoms with Gasteiger partial charge in [0.15, 0.2) is 0 Å². The molecule has 29 heavy (non-hydrogen) atoms. The van der Waals surface area contributed by atoms with E-state index in [4.69, 9.17) is 9.47 Å². The second-order valence-corrected chi connectivity index (χ2v) is 7.11. The van der Waals surface area contributed by atoms with E-state index in [0.29, 0.717) is 17.9 Å². The van der Waals surface area contributed by atoms with Crippen LogP contribution >= 0.6 is 0 Å². The lowest BCUT2D eigenvalue weighted by Gasteiger charge is -2.20. The molecule has 0 aliphatic heterocycles. The van der Waals surface area contributed by atoms with Crippen molar-refractivity contribution < 1.29 is 14.3 Å². The number of hydrogen-bond donors (Lipinski definition) is 1. The molecule has 3 aromatic carbocycles. The Morgan fingerprint density at radius 3 is 2.00 bits per heavy atom. The number of carbonyl (C=O) groups is 1. The van der Waals surface area contributed by atoms with Crippen molar-refractivity contribution >= 4 is 5.91 Å². The second-order valence-electron chi connectivity index (χ2n) is 7.11. The molecule has 4 heteroatoms. The Balaban J connectivity index is 1.87. The van der Waals surface area contributed by atoms with E-state index < -0.39 is 0 Å². The molecule has 0 saturated heterocycles. The van der Waals surface area contributed by atoms with Crippen LogP contribution in [0.4, 0.5) is 0 Å². The van der Waals surface area contributed by atoms with Crippen LogP contribution in [0.2, 0.25) is 0 Å². The summed E-state index contributed by atoms with van der Waals surface area (Å²) in [7, 11) is 1.62. The van der Waals surface area contributed by atoms with Crippen LogP contribution in [0.5, 0.6) is 5.75 Å². The number of carbonyl (C=O) groups excluding carboxylic acids is 1. The third-order valence-corrected chi connectivity index (χ3v) is 4.66. The van der Waals surface area contributed by atoms with Crippen molar-refractivity contribution in [3.63, 3.8) is 0 Å². The number of ether oxygens (including phenoxy) is 2. The van der Waals surface area contributed by atoms with Crippen molar-refractivity contribution in [3.8, 4) is 5.75 Å². The maximum atomic E-state index is 13.1. The number of methoxy groups -OCH3 is 1. The lowest BCUT2D eigenvalue weighted by molar-refractivity contribution is 0.0644. The summed E-state index contributed by atoms with van der Waals surface area (Å²) < 4.78 is 11.1. The first-order valence-corrected chi connectivity index (χ1v) is 9.77. The molecule has 0 aliphatic carbocycles. The summed E-state index contributed by atoms with van der Waals surface area (Å²) in [5, 5.41) is 3.17. The third kappa shape index (κ3) is 5.46. The molecule has 3 rings (SSSR count). The Kier molecular flexibility index (Phi) is 7.04. The van der Waals surface area contributed by atoms with Gasteiger partial charge in [-0.1, -0.05) is 60.7 Å². The van der Waals surface area contributed by atoms with Crippen LogP contribution in [-0.2, 0) is 11.3 Å². The summed E-state index contributed by atoms with van der Waals surface area (Å²) in [4.78, 5) is 13.1. The molecule has 0 fully saturated rings. The molecule has 0 aliphatic rings. The summed E-state index contributed by atoms with van der Waals surface area (Å²) in [5.41, 5.74) is 3.49. The molecule has 0 radical (unpaired) electrons. The SMILES string of the molecule is COc1ccc(C(=O)NC(c2ccccc2)c2ccccc2)cc1COC(C)C. The molecule has 150 valence electrons. The van der Waals surface area contributed by atoms with E-state index in [0.717, 1.165) is 16.7 Å². The summed E-state index contributed by atoms with van der Waals surface area (Å²) in [6, 6.07) is 25.1. The Bertz CT molecular complexity index is 884. The van der Waals surface area contributed by atoms with Gasteiger partial charge in [0.05, 0.1) is 25.9 Å². The van der Waals surface area contributed by atoms with Crippen molar-refractivity contribution in [2.24, 2.45) is 0 Å². The van der Waals surface area contributed by atoms with E-state index in [2.05, 4.69) is 5.32 Å². The molecule has 0 bridgehead atoms. The van der Waals surface area contributed by atoms with Crippen molar-refractivity contribution in [1.29, 1.82) is 0 Å². The lowest BCUT2D eigenvalue weighted by atomic mass is 9.98. The second kappa shape index (κ2) is 9.89. The van der Waals surface area contributed by atoms with Crippen LogP contribution in [0.25, 0.3) is 0 Å². The molecule has 1 amide bonds. The van der Waals surface area contributed by atoms with Gasteiger partial charge in [0.2, 0.25) is 0 Å². The van der Waals surface area contributed by atoms with Gasteiger partial charge < -0.3 is 14.8 Å². The third-order valence-electron chi connectivity index (χ3n) is 4.66. The van der Waals surface area contributed by atoms with Gasteiger partial charge >= 0.3 is 0 Å². The summed E-state index contributed by atoms with van der Waals surface area (Å²) in [6.45, 7) is 4.35. The Labute approximate surface area is 172 Å². The number of benzene rings is 3. The first-order chi connectivity index (χ1) is 14.1. The predicted molar refractivity (Wildman–Crippen MR) is 115 cm³/mol. The quantitative estimate of drug-likeness (QED) is 0.580. The van der Waals surface area contributed by atoms with Gasteiger partial charge in [-0.2, -0.15) is 0 Å². The molecule has 4 nitrogen and oxygen atoms in total. The first kappa shape index (κ1) is 20.6. The fourth-order valence-corrected chi connectivity index (χ4v) is 3.15. The fraction of sp³-hybridized carbons (Fsp3) is 0.240. The molecule has 0 saturated carbocycles. The van der Waals surface area contributed by atoms with Crippen molar-refractivity contribution in [3.05, 3.63) is 101 Å². The minimum atomic E-state index is -0.234. The van der Waals surface area contributed by atoms with E-state index >= 15 is 0 Å². The summed E-state index contributed by atoms with van der Waals surface area (Å²) in [6.07, 6.45) is 0.0951. The van der Waals surface area contributed by atoms with Crippen molar-refractivity contribution in [2.45, 2.75) is 32.6 Å². The van der Waals surface area contributed by atoms with Crippen LogP contribution in [0.1, 0.15) is 46.9 Å². The number of nitrogens with one attached hydrogen (secondary N) is 1. The Morgan fingerprint density at radius 2 is 1.48 bits per heavy atom. The zero-order valence-electron chi connectivity index (χ0n) is 17.1. The van der Waals surface area contributed by atoms with E-state index in [9.17, 15) is 4.79 Å². The molecule has 0 aromatic heterocycles.